The fourth-order valence-corrected chi connectivity index (χ4v) is 4.29. The van der Waals surface area contributed by atoms with Crippen LogP contribution in [0.5, 0.6) is 0 Å². The zero-order valence-corrected chi connectivity index (χ0v) is 23.7. The second-order valence-corrected chi connectivity index (χ2v) is 9.68. The van der Waals surface area contributed by atoms with E-state index in [4.69, 9.17) is 21.4 Å². The summed E-state index contributed by atoms with van der Waals surface area (Å²) in [6, 6.07) is 9.32. The first-order chi connectivity index (χ1) is 20.2. The third-order valence-corrected chi connectivity index (χ3v) is 6.63. The van der Waals surface area contributed by atoms with Gasteiger partial charge in [0.2, 0.25) is 12.3 Å². The standard InChI is InChI=1S/C28H33ClF2N6O5/c1-19(40)37(34-16-21-5-2-7-25(31)27(21)29)24(6-3-11-36(18-39)33-10-4-12-38)17-42-28(41)35-26-14-22-13-23(30)9-8-20(22)15-32-26/h2,5,7-9,13-15,18,24,33-34,38H,3-4,6,10-12,16-17H2,1H3,(H,32,35,41)/t24-/m0/s1. The van der Waals surface area contributed by atoms with Gasteiger partial charge in [0, 0.05) is 44.7 Å². The van der Waals surface area contributed by atoms with E-state index in [1.54, 1.807) is 12.1 Å². The Morgan fingerprint density at radius 1 is 1.14 bits per heavy atom. The lowest BCUT2D eigenvalue weighted by atomic mass is 10.1. The highest BCUT2D eigenvalue weighted by atomic mass is 35.5. The van der Waals surface area contributed by atoms with Gasteiger partial charge in [0.05, 0.1) is 11.1 Å². The molecule has 3 aromatic rings. The second kappa shape index (κ2) is 16.5. The monoisotopic (exact) mass is 606 g/mol. The summed E-state index contributed by atoms with van der Waals surface area (Å²) in [5.41, 5.74) is 6.24. The lowest BCUT2D eigenvalue weighted by Gasteiger charge is -2.31. The van der Waals surface area contributed by atoms with E-state index in [0.717, 1.165) is 0 Å². The molecule has 0 radical (unpaired) electrons. The van der Waals surface area contributed by atoms with Crippen LogP contribution in [0.2, 0.25) is 5.02 Å². The number of hydrogen-bond acceptors (Lipinski definition) is 8. The number of hydrogen-bond donors (Lipinski definition) is 4. The summed E-state index contributed by atoms with van der Waals surface area (Å²) in [6.45, 7) is 1.74. The van der Waals surface area contributed by atoms with E-state index < -0.39 is 29.7 Å². The van der Waals surface area contributed by atoms with Crippen molar-refractivity contribution in [3.8, 4) is 0 Å². The number of rotatable bonds is 16. The lowest BCUT2D eigenvalue weighted by Crippen LogP contribution is -2.51. The van der Waals surface area contributed by atoms with Crippen molar-refractivity contribution in [3.05, 3.63) is 70.9 Å². The van der Waals surface area contributed by atoms with E-state index in [9.17, 15) is 23.2 Å². The lowest BCUT2D eigenvalue weighted by molar-refractivity contribution is -0.136. The number of amides is 3. The molecule has 1 heterocycles. The highest BCUT2D eigenvalue weighted by Crippen LogP contribution is 2.20. The van der Waals surface area contributed by atoms with Gasteiger partial charge in [-0.3, -0.25) is 24.9 Å². The number of aromatic nitrogens is 1. The normalized spacial score (nSPS) is 11.6. The molecule has 0 saturated heterocycles. The van der Waals surface area contributed by atoms with Crippen molar-refractivity contribution in [1.82, 2.24) is 25.9 Å². The zero-order chi connectivity index (χ0) is 30.5. The van der Waals surface area contributed by atoms with Crippen LogP contribution in [-0.4, -0.2) is 70.9 Å². The summed E-state index contributed by atoms with van der Waals surface area (Å²) in [5.74, 6) is -1.29. The maximum atomic E-state index is 13.9. The van der Waals surface area contributed by atoms with Crippen LogP contribution in [0.3, 0.4) is 0 Å². The maximum Gasteiger partial charge on any atom is 0.412 e. The van der Waals surface area contributed by atoms with Gasteiger partial charge in [-0.1, -0.05) is 23.7 Å². The molecule has 3 amide bonds. The second-order valence-electron chi connectivity index (χ2n) is 9.30. The fourth-order valence-electron chi connectivity index (χ4n) is 4.10. The summed E-state index contributed by atoms with van der Waals surface area (Å²) in [7, 11) is 0. The number of benzene rings is 2. The molecular weight excluding hydrogens is 574 g/mol. The first-order valence-electron chi connectivity index (χ1n) is 13.2. The molecule has 14 heteroatoms. The van der Waals surface area contributed by atoms with Crippen molar-refractivity contribution < 1.29 is 33.0 Å². The summed E-state index contributed by atoms with van der Waals surface area (Å²) >= 11 is 6.06. The number of carbonyl (C=O) groups is 3. The third-order valence-electron chi connectivity index (χ3n) is 6.21. The number of aliphatic hydroxyl groups excluding tert-OH is 1. The molecule has 0 bridgehead atoms. The van der Waals surface area contributed by atoms with Crippen molar-refractivity contribution in [3.63, 3.8) is 0 Å². The Labute approximate surface area is 246 Å². The molecule has 11 nitrogen and oxygen atoms in total. The molecule has 0 unspecified atom stereocenters. The quantitative estimate of drug-likeness (QED) is 0.110. The van der Waals surface area contributed by atoms with E-state index in [2.05, 4.69) is 21.2 Å². The average molecular weight is 607 g/mol. The summed E-state index contributed by atoms with van der Waals surface area (Å²) in [5, 5.41) is 15.2. The minimum atomic E-state index is -0.847. The number of halogens is 3. The number of ether oxygens (including phenoxy) is 1. The van der Waals surface area contributed by atoms with Crippen molar-refractivity contribution in [1.29, 1.82) is 0 Å². The number of hydrazine groups is 2. The number of pyridine rings is 1. The van der Waals surface area contributed by atoms with Crippen LogP contribution < -0.4 is 16.2 Å². The Kier molecular flexibility index (Phi) is 12.8. The van der Waals surface area contributed by atoms with Gasteiger partial charge in [-0.05, 0) is 60.5 Å². The van der Waals surface area contributed by atoms with Gasteiger partial charge in [-0.15, -0.1) is 0 Å². The molecule has 0 aliphatic carbocycles. The van der Waals surface area contributed by atoms with Crippen LogP contribution in [0, 0.1) is 11.6 Å². The van der Waals surface area contributed by atoms with Gasteiger partial charge >= 0.3 is 6.09 Å². The van der Waals surface area contributed by atoms with Crippen LogP contribution in [0.4, 0.5) is 19.4 Å². The largest absolute Gasteiger partial charge is 0.447 e. The predicted octanol–water partition coefficient (Wildman–Crippen LogP) is 3.76. The van der Waals surface area contributed by atoms with Crippen LogP contribution in [0.1, 0.15) is 31.7 Å². The first-order valence-corrected chi connectivity index (χ1v) is 13.6. The van der Waals surface area contributed by atoms with Gasteiger partial charge < -0.3 is 9.84 Å². The SMILES string of the molecule is CC(=O)N(NCc1cccc(F)c1Cl)[C@@H](CCCN(C=O)NCCCO)COC(=O)Nc1cc2cc(F)ccc2cn1. The first kappa shape index (κ1) is 32.6. The molecule has 0 aliphatic heterocycles. The number of nitrogens with one attached hydrogen (secondary N) is 3. The van der Waals surface area contributed by atoms with Crippen LogP contribution in [0.25, 0.3) is 10.8 Å². The zero-order valence-electron chi connectivity index (χ0n) is 23.0. The summed E-state index contributed by atoms with van der Waals surface area (Å²) in [6.07, 6.45) is 2.42. The fraction of sp³-hybridized carbons (Fsp3) is 0.357. The van der Waals surface area contributed by atoms with Gasteiger partial charge in [0.15, 0.2) is 0 Å². The average Bonchev–Trinajstić information content (AvgIpc) is 2.96. The van der Waals surface area contributed by atoms with E-state index in [1.807, 2.05) is 0 Å². The molecule has 0 spiro atoms. The van der Waals surface area contributed by atoms with E-state index in [0.29, 0.717) is 48.6 Å². The number of nitrogens with zero attached hydrogens (tertiary/aromatic N) is 3. The molecule has 4 N–H and O–H groups in total. The molecule has 42 heavy (non-hydrogen) atoms. The Bertz CT molecular complexity index is 1370. The van der Waals surface area contributed by atoms with Crippen LogP contribution in [-0.2, 0) is 20.9 Å². The molecule has 2 aromatic carbocycles. The number of anilines is 1. The van der Waals surface area contributed by atoms with Crippen molar-refractivity contribution in [2.24, 2.45) is 0 Å². The van der Waals surface area contributed by atoms with E-state index >= 15 is 0 Å². The number of fused-ring (bicyclic) bond motifs is 1. The molecule has 0 aliphatic rings. The highest BCUT2D eigenvalue weighted by Gasteiger charge is 2.24. The summed E-state index contributed by atoms with van der Waals surface area (Å²) < 4.78 is 33.0. The molecule has 3 rings (SSSR count). The molecule has 1 aromatic heterocycles. The van der Waals surface area contributed by atoms with Gasteiger partial charge in [-0.25, -0.2) is 29.4 Å². The van der Waals surface area contributed by atoms with Crippen LogP contribution in [0.15, 0.2) is 48.7 Å². The Morgan fingerprint density at radius 3 is 2.69 bits per heavy atom. The smallest absolute Gasteiger partial charge is 0.412 e. The van der Waals surface area contributed by atoms with Gasteiger partial charge in [-0.2, -0.15) is 0 Å². The third kappa shape index (κ3) is 9.87. The van der Waals surface area contributed by atoms with E-state index in [-0.39, 0.29) is 37.1 Å². The van der Waals surface area contributed by atoms with E-state index in [1.165, 1.54) is 53.5 Å². The highest BCUT2D eigenvalue weighted by molar-refractivity contribution is 6.31. The minimum Gasteiger partial charge on any atom is -0.447 e. The Hall–Kier alpha value is -3.91. The topological polar surface area (TPSA) is 136 Å². The molecule has 226 valence electrons. The van der Waals surface area contributed by atoms with Crippen molar-refractivity contribution in [2.75, 3.05) is 31.6 Å². The number of carbonyl (C=O) groups excluding carboxylic acids is 3. The predicted molar refractivity (Wildman–Crippen MR) is 153 cm³/mol. The molecular formula is C28H33ClF2N6O5. The molecule has 0 saturated carbocycles. The van der Waals surface area contributed by atoms with Crippen LogP contribution >= 0.6 is 11.6 Å². The van der Waals surface area contributed by atoms with Crippen molar-refractivity contribution in [2.45, 2.75) is 38.8 Å². The summed E-state index contributed by atoms with van der Waals surface area (Å²) in [4.78, 5) is 40.8. The maximum absolute atomic E-state index is 13.9. The molecule has 1 atom stereocenters. The van der Waals surface area contributed by atoms with Gasteiger partial charge in [0.1, 0.15) is 24.1 Å². The van der Waals surface area contributed by atoms with Gasteiger partial charge in [0.25, 0.3) is 0 Å². The van der Waals surface area contributed by atoms with Crippen molar-refractivity contribution >= 4 is 46.6 Å². The Balaban J connectivity index is 1.68. The Morgan fingerprint density at radius 2 is 1.95 bits per heavy atom. The number of aliphatic hydroxyl groups is 1. The molecule has 0 fully saturated rings. The minimum absolute atomic E-state index is 0.0135.